The fourth-order valence-electron chi connectivity index (χ4n) is 16.7. The third kappa shape index (κ3) is 21.8. The molecule has 23 nitrogen and oxygen atoms in total. The standard InChI is InChI=1S/C64H119N23.2C2H4.2CH4/c1-41-67-49(82(23)42-28-55(2,3)76-56(4,5)29-42)75-54(68-41)87(39-66-48-71-52(85(26)45-34-61(14,15)79-62(16,17)35-45)74-53(72-48)86(27)46-36-63(18,19)80-64(20,21)37-46)40-81(22)38-65-47-69-50(83(24)43-30-57(6,7)77-58(8,9)31-43)73-51(70-47)84(25)44-32-59(10,11)78-60(12,13)33-44;2*1-2;;/h42-46,76-80H,28-40H2,1-27H3,(H,65,69,70,73)(H,66,71,72,74);2*1-2H2;2*1H4. The van der Waals surface area contributed by atoms with Gasteiger partial charge in [-0.3, -0.25) is 4.90 Å². The maximum Gasteiger partial charge on any atom is 0.232 e. The second-order valence-electron chi connectivity index (χ2n) is 34.0. The molecule has 5 saturated heterocycles. The zero-order valence-corrected chi connectivity index (χ0v) is 62.1. The van der Waals surface area contributed by atoms with Crippen molar-refractivity contribution in [3.05, 3.63) is 32.1 Å². The van der Waals surface area contributed by atoms with E-state index < -0.39 is 0 Å². The normalized spacial score (nSPS) is 22.6. The van der Waals surface area contributed by atoms with E-state index in [-0.39, 0.29) is 107 Å². The number of hydrogen-bond donors (Lipinski definition) is 7. The smallest absolute Gasteiger partial charge is 0.232 e. The SMILES string of the molecule is C.C.C=C.C=C.Cc1nc(N(CNc2nc(N(C)C3CC(C)(C)NC(C)(C)C3)nc(N(C)C3CC(C)(C)NC(C)(C)C3)n2)CN(C)CNc2nc(N(C)C3CC(C)(C)NC(C)(C)C3)nc(N(C)C3CC(C)(C)NC(C)(C)C3)n2)nc(N(C)C2CC(C)(C)NC(C)(C)C2)n1. The Labute approximate surface area is 566 Å². The minimum atomic E-state index is -0.0811. The predicted molar refractivity (Wildman–Crippen MR) is 396 cm³/mol. The Morgan fingerprint density at radius 2 is 0.516 bits per heavy atom. The fraction of sp³-hybridized carbons (Fsp3) is 0.814. The summed E-state index contributed by atoms with van der Waals surface area (Å²) in [5, 5.41) is 26.8. The van der Waals surface area contributed by atoms with Gasteiger partial charge in [-0.2, -0.15) is 44.9 Å². The lowest BCUT2D eigenvalue weighted by atomic mass is 9.79. The van der Waals surface area contributed by atoms with E-state index >= 15 is 0 Å². The van der Waals surface area contributed by atoms with Crippen molar-refractivity contribution in [3.63, 3.8) is 0 Å². The summed E-state index contributed by atoms with van der Waals surface area (Å²) in [5.41, 5.74) is -0.739. The molecule has 3 aromatic heterocycles. The van der Waals surface area contributed by atoms with Gasteiger partial charge in [0.05, 0.1) is 20.0 Å². The summed E-state index contributed by atoms with van der Waals surface area (Å²) in [7, 11) is 12.8. The highest BCUT2D eigenvalue weighted by Gasteiger charge is 2.45. The molecule has 8 rings (SSSR count). The van der Waals surface area contributed by atoms with Gasteiger partial charge < -0.3 is 66.6 Å². The van der Waals surface area contributed by atoms with E-state index in [1.165, 1.54) is 0 Å². The van der Waals surface area contributed by atoms with Crippen LogP contribution in [0, 0.1) is 6.92 Å². The van der Waals surface area contributed by atoms with Crippen molar-refractivity contribution < 1.29 is 0 Å². The molecule has 0 spiro atoms. The van der Waals surface area contributed by atoms with E-state index in [1.54, 1.807) is 0 Å². The van der Waals surface area contributed by atoms with Crippen LogP contribution in [0.1, 0.15) is 223 Å². The van der Waals surface area contributed by atoms with Gasteiger partial charge in [0.1, 0.15) is 5.82 Å². The Morgan fingerprint density at radius 1 is 0.323 bits per heavy atom. The molecule has 3 aromatic rings. The molecular formula is C70H135N23. The van der Waals surface area contributed by atoms with Crippen LogP contribution in [0.2, 0.25) is 0 Å². The highest BCUT2D eigenvalue weighted by Crippen LogP contribution is 2.39. The molecule has 7 N–H and O–H groups in total. The van der Waals surface area contributed by atoms with Crippen LogP contribution in [-0.4, -0.2) is 198 Å². The van der Waals surface area contributed by atoms with Gasteiger partial charge in [0.2, 0.25) is 47.6 Å². The summed E-state index contributed by atoms with van der Waals surface area (Å²) in [5.74, 6) is 5.36. The Hall–Kier alpha value is -5.33. The molecule has 0 saturated carbocycles. The molecule has 5 aliphatic rings. The van der Waals surface area contributed by atoms with Gasteiger partial charge in [-0.1, -0.05) is 14.9 Å². The molecule has 0 radical (unpaired) electrons. The van der Waals surface area contributed by atoms with E-state index in [0.29, 0.717) is 66.7 Å². The summed E-state index contributed by atoms with van der Waals surface area (Å²) < 4.78 is 0. The first-order chi connectivity index (χ1) is 41.7. The van der Waals surface area contributed by atoms with Crippen molar-refractivity contribution in [3.8, 4) is 0 Å². The van der Waals surface area contributed by atoms with E-state index in [2.05, 4.69) is 279 Å². The lowest BCUT2D eigenvalue weighted by Gasteiger charge is -2.49. The highest BCUT2D eigenvalue weighted by molar-refractivity contribution is 5.49. The van der Waals surface area contributed by atoms with Crippen LogP contribution in [0.4, 0.5) is 47.6 Å². The number of hydrogen-bond acceptors (Lipinski definition) is 23. The molecule has 530 valence electrons. The van der Waals surface area contributed by atoms with Crippen molar-refractivity contribution in [2.24, 2.45) is 0 Å². The second kappa shape index (κ2) is 29.6. The number of rotatable bonds is 19. The van der Waals surface area contributed by atoms with Crippen LogP contribution >= 0.6 is 0 Å². The first-order valence-corrected chi connectivity index (χ1v) is 33.4. The topological polar surface area (TPSA) is 223 Å². The third-order valence-electron chi connectivity index (χ3n) is 18.7. The Morgan fingerprint density at radius 3 is 0.753 bits per heavy atom. The summed E-state index contributed by atoms with van der Waals surface area (Å²) in [4.78, 5) is 62.8. The van der Waals surface area contributed by atoms with Crippen molar-refractivity contribution in [2.75, 3.05) is 102 Å². The van der Waals surface area contributed by atoms with Crippen LogP contribution in [0.15, 0.2) is 26.3 Å². The number of aryl methyl sites for hydroxylation is 1. The van der Waals surface area contributed by atoms with Gasteiger partial charge in [0.25, 0.3) is 0 Å². The molecule has 0 aromatic carbocycles. The maximum atomic E-state index is 5.34. The summed E-state index contributed by atoms with van der Waals surface area (Å²) in [6, 6.07) is 0.973. The van der Waals surface area contributed by atoms with E-state index in [9.17, 15) is 0 Å². The molecular weight excluding hydrogens is 1160 g/mol. The van der Waals surface area contributed by atoms with Crippen molar-refractivity contribution in [1.82, 2.24) is 76.3 Å². The molecule has 0 amide bonds. The average molecular weight is 1300 g/mol. The summed E-state index contributed by atoms with van der Waals surface area (Å²) in [6.07, 6.45) is 9.40. The zero-order chi connectivity index (χ0) is 68.6. The lowest BCUT2D eigenvalue weighted by Crippen LogP contribution is -2.62. The Kier molecular flexibility index (Phi) is 25.5. The van der Waals surface area contributed by atoms with Gasteiger partial charge in [0, 0.05) is 121 Å². The fourth-order valence-corrected chi connectivity index (χ4v) is 16.7. The van der Waals surface area contributed by atoms with Crippen molar-refractivity contribution in [2.45, 2.75) is 310 Å². The molecule has 0 bridgehead atoms. The monoisotopic (exact) mass is 1300 g/mol. The van der Waals surface area contributed by atoms with Crippen LogP contribution in [0.5, 0.6) is 0 Å². The first-order valence-electron chi connectivity index (χ1n) is 33.4. The van der Waals surface area contributed by atoms with Crippen LogP contribution in [-0.2, 0) is 0 Å². The number of anilines is 8. The van der Waals surface area contributed by atoms with E-state index in [0.717, 1.165) is 64.2 Å². The minimum absolute atomic E-state index is 0. The molecule has 23 heteroatoms. The number of nitrogens with one attached hydrogen (secondary N) is 7. The van der Waals surface area contributed by atoms with Gasteiger partial charge >= 0.3 is 0 Å². The third-order valence-corrected chi connectivity index (χ3v) is 18.7. The molecule has 0 aliphatic carbocycles. The van der Waals surface area contributed by atoms with Gasteiger partial charge in [-0.15, -0.1) is 26.3 Å². The number of piperidine rings is 5. The highest BCUT2D eigenvalue weighted by atomic mass is 15.5. The van der Waals surface area contributed by atoms with Crippen molar-refractivity contribution >= 4 is 47.6 Å². The zero-order valence-electron chi connectivity index (χ0n) is 62.1. The molecule has 0 atom stereocenters. The lowest BCUT2D eigenvalue weighted by molar-refractivity contribution is 0.159. The van der Waals surface area contributed by atoms with Gasteiger partial charge in [-0.05, 0) is 217 Å². The van der Waals surface area contributed by atoms with E-state index in [1.807, 2.05) is 6.92 Å². The molecule has 0 unspecified atom stereocenters. The molecule has 5 fully saturated rings. The summed E-state index contributed by atoms with van der Waals surface area (Å²) in [6.45, 7) is 60.8. The first kappa shape index (κ1) is 80.1. The summed E-state index contributed by atoms with van der Waals surface area (Å²) >= 11 is 0. The molecule has 93 heavy (non-hydrogen) atoms. The van der Waals surface area contributed by atoms with Gasteiger partial charge in [-0.25, -0.2) is 0 Å². The van der Waals surface area contributed by atoms with Crippen LogP contribution in [0.3, 0.4) is 0 Å². The number of nitrogens with zero attached hydrogens (tertiary/aromatic N) is 16. The predicted octanol–water partition coefficient (Wildman–Crippen LogP) is 11.0. The van der Waals surface area contributed by atoms with Crippen LogP contribution in [0.25, 0.3) is 0 Å². The van der Waals surface area contributed by atoms with Crippen molar-refractivity contribution in [1.29, 1.82) is 0 Å². The minimum Gasteiger partial charge on any atom is -0.341 e. The molecule has 8 heterocycles. The largest absolute Gasteiger partial charge is 0.341 e. The Balaban J connectivity index is 0.00000301. The second-order valence-corrected chi connectivity index (χ2v) is 34.0. The average Bonchev–Trinajstić information content (AvgIpc) is 0.800. The quantitative estimate of drug-likeness (QED) is 0.0438. The van der Waals surface area contributed by atoms with Gasteiger partial charge in [0.15, 0.2) is 0 Å². The van der Waals surface area contributed by atoms with E-state index in [4.69, 9.17) is 44.9 Å². The molecule has 5 aliphatic heterocycles. The van der Waals surface area contributed by atoms with Crippen LogP contribution < -0.4 is 66.6 Å². The number of aromatic nitrogens is 9. The maximum absolute atomic E-state index is 5.34. The Bertz CT molecular complexity index is 2690.